The van der Waals surface area contributed by atoms with E-state index in [0.717, 1.165) is 24.8 Å². The Hall–Kier alpha value is -2.54. The van der Waals surface area contributed by atoms with Gasteiger partial charge < -0.3 is 5.11 Å². The molecule has 1 aliphatic rings. The highest BCUT2D eigenvalue weighted by Crippen LogP contribution is 2.45. The number of rotatable bonds is 12. The third-order valence-electron chi connectivity index (χ3n) is 7.34. The van der Waals surface area contributed by atoms with E-state index in [1.807, 2.05) is 6.07 Å². The number of phenolic OH excluding ortho intramolecular Hbond substituents is 1. The zero-order chi connectivity index (χ0) is 23.0. The summed E-state index contributed by atoms with van der Waals surface area (Å²) in [6, 6.07) is 19.6. The molecular weight excluding hydrogens is 400 g/mol. The normalized spacial score (nSPS) is 12.1. The van der Waals surface area contributed by atoms with Crippen molar-refractivity contribution in [3.05, 3.63) is 76.9 Å². The molecule has 0 atom stereocenters. The monoisotopic (exact) mass is 440 g/mol. The van der Waals surface area contributed by atoms with Crippen molar-refractivity contribution < 1.29 is 5.11 Å². The summed E-state index contributed by atoms with van der Waals surface area (Å²) in [5, 5.41) is 11.2. The minimum Gasteiger partial charge on any atom is -0.507 e. The summed E-state index contributed by atoms with van der Waals surface area (Å²) >= 11 is 0. The van der Waals surface area contributed by atoms with Gasteiger partial charge in [0.15, 0.2) is 0 Å². The first-order valence-corrected chi connectivity index (χ1v) is 13.3. The number of aromatic hydroxyl groups is 1. The number of fused-ring (bicyclic) bond motifs is 3. The first-order chi connectivity index (χ1) is 16.2. The molecule has 0 amide bonds. The van der Waals surface area contributed by atoms with E-state index in [4.69, 9.17) is 0 Å². The van der Waals surface area contributed by atoms with Gasteiger partial charge in [0, 0.05) is 5.56 Å². The summed E-state index contributed by atoms with van der Waals surface area (Å²) in [4.78, 5) is 0. The van der Waals surface area contributed by atoms with Crippen molar-refractivity contribution in [3.63, 3.8) is 0 Å². The fourth-order valence-corrected chi connectivity index (χ4v) is 5.54. The van der Waals surface area contributed by atoms with Crippen molar-refractivity contribution in [1.82, 2.24) is 0 Å². The van der Waals surface area contributed by atoms with Crippen LogP contribution in [0.25, 0.3) is 22.3 Å². The fraction of sp³-hybridized carbons (Fsp3) is 0.438. The van der Waals surface area contributed by atoms with Gasteiger partial charge in [-0.1, -0.05) is 107 Å². The summed E-state index contributed by atoms with van der Waals surface area (Å²) in [7, 11) is 0. The molecule has 0 spiro atoms. The van der Waals surface area contributed by atoms with E-state index in [9.17, 15) is 5.11 Å². The molecule has 1 nitrogen and oxygen atoms in total. The highest BCUT2D eigenvalue weighted by molar-refractivity contribution is 5.87. The highest BCUT2D eigenvalue weighted by atomic mass is 16.3. The minimum atomic E-state index is 0.444. The predicted octanol–water partition coefficient (Wildman–Crippen LogP) is 9.27. The van der Waals surface area contributed by atoms with Crippen LogP contribution in [0.1, 0.15) is 93.9 Å². The number of aryl methyl sites for hydroxylation is 1. The Morgan fingerprint density at radius 3 is 2.15 bits per heavy atom. The van der Waals surface area contributed by atoms with E-state index in [1.54, 1.807) is 0 Å². The van der Waals surface area contributed by atoms with Crippen LogP contribution in [-0.4, -0.2) is 5.11 Å². The Kier molecular flexibility index (Phi) is 8.26. The molecule has 0 bridgehead atoms. The second-order valence-corrected chi connectivity index (χ2v) is 9.74. The summed E-state index contributed by atoms with van der Waals surface area (Å²) in [6.45, 7) is 4.54. The summed E-state index contributed by atoms with van der Waals surface area (Å²) in [6.07, 6.45) is 14.6. The van der Waals surface area contributed by atoms with E-state index >= 15 is 0 Å². The van der Waals surface area contributed by atoms with E-state index in [0.29, 0.717) is 5.75 Å². The Bertz CT molecular complexity index is 1060. The maximum absolute atomic E-state index is 11.2. The number of hydrogen-bond donors (Lipinski definition) is 1. The second-order valence-electron chi connectivity index (χ2n) is 9.74. The summed E-state index contributed by atoms with van der Waals surface area (Å²) < 4.78 is 0. The lowest BCUT2D eigenvalue weighted by molar-refractivity contribution is 0.476. The Labute approximate surface area is 200 Å². The van der Waals surface area contributed by atoms with Gasteiger partial charge in [0.25, 0.3) is 0 Å². The zero-order valence-electron chi connectivity index (χ0n) is 20.6. The van der Waals surface area contributed by atoms with Gasteiger partial charge in [0.2, 0.25) is 0 Å². The van der Waals surface area contributed by atoms with Gasteiger partial charge in [-0.05, 0) is 77.1 Å². The van der Waals surface area contributed by atoms with Crippen molar-refractivity contribution >= 4 is 0 Å². The molecule has 0 heterocycles. The molecule has 1 heteroatoms. The van der Waals surface area contributed by atoms with Crippen molar-refractivity contribution in [2.75, 3.05) is 0 Å². The molecule has 33 heavy (non-hydrogen) atoms. The lowest BCUT2D eigenvalue weighted by atomic mass is 9.86. The molecule has 3 aromatic carbocycles. The first-order valence-electron chi connectivity index (χ1n) is 13.3. The van der Waals surface area contributed by atoms with E-state index < -0.39 is 0 Å². The third-order valence-corrected chi connectivity index (χ3v) is 7.34. The Morgan fingerprint density at radius 1 is 0.636 bits per heavy atom. The van der Waals surface area contributed by atoms with Gasteiger partial charge in [0.1, 0.15) is 5.75 Å². The van der Waals surface area contributed by atoms with Gasteiger partial charge >= 0.3 is 0 Å². The Morgan fingerprint density at radius 2 is 1.30 bits per heavy atom. The molecule has 3 aromatic rings. The fourth-order valence-electron chi connectivity index (χ4n) is 5.54. The van der Waals surface area contributed by atoms with E-state index in [-0.39, 0.29) is 0 Å². The molecule has 1 N–H and O–H groups in total. The molecule has 1 aliphatic carbocycles. The number of benzene rings is 3. The van der Waals surface area contributed by atoms with Crippen molar-refractivity contribution in [1.29, 1.82) is 0 Å². The number of phenols is 1. The van der Waals surface area contributed by atoms with Crippen LogP contribution in [0.2, 0.25) is 0 Å². The molecule has 0 saturated carbocycles. The molecule has 0 radical (unpaired) electrons. The van der Waals surface area contributed by atoms with Crippen molar-refractivity contribution in [3.8, 4) is 28.0 Å². The molecule has 0 unspecified atom stereocenters. The quantitative estimate of drug-likeness (QED) is 0.218. The molecule has 0 fully saturated rings. The standard InChI is InChI=1S/C32H40O/c1-3-5-7-8-9-11-18-27-24(15-10-6-4-2)21-22-31(33)32(27)29-20-14-19-28-26-17-13-12-16-25(26)23-30(28)29/h12-14,16-17,19-22,33H,3-11,15,18,23H2,1-2H3. The maximum atomic E-state index is 11.2. The van der Waals surface area contributed by atoms with Crippen LogP contribution >= 0.6 is 0 Å². The van der Waals surface area contributed by atoms with Crippen LogP contribution in [0.5, 0.6) is 5.75 Å². The van der Waals surface area contributed by atoms with E-state index in [1.165, 1.54) is 96.7 Å². The van der Waals surface area contributed by atoms with Gasteiger partial charge in [-0.2, -0.15) is 0 Å². The first kappa shape index (κ1) is 23.6. The van der Waals surface area contributed by atoms with Crippen LogP contribution in [0.4, 0.5) is 0 Å². The SMILES string of the molecule is CCCCCCCCc1c(CCCCC)ccc(O)c1-c1cccc2c1Cc1ccccc1-2. The molecule has 174 valence electrons. The van der Waals surface area contributed by atoms with Crippen LogP contribution in [0.3, 0.4) is 0 Å². The predicted molar refractivity (Wildman–Crippen MR) is 142 cm³/mol. The second kappa shape index (κ2) is 11.5. The van der Waals surface area contributed by atoms with Gasteiger partial charge in [0.05, 0.1) is 0 Å². The Balaban J connectivity index is 1.69. The van der Waals surface area contributed by atoms with Crippen LogP contribution < -0.4 is 0 Å². The smallest absolute Gasteiger partial charge is 0.123 e. The van der Waals surface area contributed by atoms with Crippen LogP contribution in [-0.2, 0) is 19.3 Å². The molecule has 0 saturated heterocycles. The average Bonchev–Trinajstić information content (AvgIpc) is 3.22. The highest BCUT2D eigenvalue weighted by Gasteiger charge is 2.24. The third kappa shape index (κ3) is 5.35. The minimum absolute atomic E-state index is 0.444. The maximum Gasteiger partial charge on any atom is 0.123 e. The average molecular weight is 441 g/mol. The number of unbranched alkanes of at least 4 members (excludes halogenated alkanes) is 7. The van der Waals surface area contributed by atoms with Gasteiger partial charge in [-0.3, -0.25) is 0 Å². The summed E-state index contributed by atoms with van der Waals surface area (Å²) in [5.74, 6) is 0.444. The molecule has 0 aliphatic heterocycles. The lowest BCUT2D eigenvalue weighted by Gasteiger charge is -2.19. The lowest BCUT2D eigenvalue weighted by Crippen LogP contribution is -2.01. The number of hydrogen-bond acceptors (Lipinski definition) is 1. The van der Waals surface area contributed by atoms with Crippen LogP contribution in [0, 0.1) is 0 Å². The molecular formula is C32H40O. The van der Waals surface area contributed by atoms with Crippen molar-refractivity contribution in [2.24, 2.45) is 0 Å². The molecule has 0 aromatic heterocycles. The van der Waals surface area contributed by atoms with E-state index in [2.05, 4.69) is 62.4 Å². The zero-order valence-corrected chi connectivity index (χ0v) is 20.6. The van der Waals surface area contributed by atoms with Gasteiger partial charge in [-0.15, -0.1) is 0 Å². The van der Waals surface area contributed by atoms with Gasteiger partial charge in [-0.25, -0.2) is 0 Å². The van der Waals surface area contributed by atoms with Crippen LogP contribution in [0.15, 0.2) is 54.6 Å². The topological polar surface area (TPSA) is 20.2 Å². The van der Waals surface area contributed by atoms with Crippen molar-refractivity contribution in [2.45, 2.75) is 90.9 Å². The molecule has 4 rings (SSSR count). The largest absolute Gasteiger partial charge is 0.507 e. The summed E-state index contributed by atoms with van der Waals surface area (Å²) in [5.41, 5.74) is 10.6.